The van der Waals surface area contributed by atoms with Gasteiger partial charge in [-0.15, -0.1) is 0 Å². The highest BCUT2D eigenvalue weighted by Gasteiger charge is 1.93. The van der Waals surface area contributed by atoms with E-state index in [1.54, 1.807) is 0 Å². The predicted molar refractivity (Wildman–Crippen MR) is 58.3 cm³/mol. The Morgan fingerprint density at radius 3 is 2.92 bits per heavy atom. The first-order valence-corrected chi connectivity index (χ1v) is 4.62. The predicted octanol–water partition coefficient (Wildman–Crippen LogP) is 3.54. The standard InChI is InChI=1S/C12H15N/c1-3-5-9-12-11(7-4-2)8-6-10-13-12/h4-10H,3H2,1-2H3. The van der Waals surface area contributed by atoms with Gasteiger partial charge in [-0.2, -0.15) is 0 Å². The number of allylic oxidation sites excluding steroid dienone is 2. The SMILES string of the molecule is CC=Cc1cccnc1C=CCC. The molecule has 0 unspecified atom stereocenters. The van der Waals surface area contributed by atoms with E-state index in [1.807, 2.05) is 25.3 Å². The molecule has 1 heteroatoms. The van der Waals surface area contributed by atoms with Crippen LogP contribution in [0, 0.1) is 0 Å². The maximum atomic E-state index is 4.30. The fourth-order valence-corrected chi connectivity index (χ4v) is 1.12. The van der Waals surface area contributed by atoms with Gasteiger partial charge in [0.05, 0.1) is 5.69 Å². The van der Waals surface area contributed by atoms with Crippen molar-refractivity contribution in [2.75, 3.05) is 0 Å². The molecule has 0 aromatic carbocycles. The van der Waals surface area contributed by atoms with Crippen LogP contribution in [0.5, 0.6) is 0 Å². The second-order valence-electron chi connectivity index (χ2n) is 2.79. The summed E-state index contributed by atoms with van der Waals surface area (Å²) in [4.78, 5) is 4.30. The van der Waals surface area contributed by atoms with Gasteiger partial charge < -0.3 is 0 Å². The molecule has 1 aromatic heterocycles. The molecule has 0 fully saturated rings. The van der Waals surface area contributed by atoms with Gasteiger partial charge in [0, 0.05) is 6.20 Å². The molecule has 0 aliphatic carbocycles. The molecule has 1 aromatic rings. The van der Waals surface area contributed by atoms with E-state index >= 15 is 0 Å². The summed E-state index contributed by atoms with van der Waals surface area (Å²) in [6.07, 6.45) is 11.2. The molecule has 0 aliphatic heterocycles. The Labute approximate surface area is 79.8 Å². The van der Waals surface area contributed by atoms with Crippen LogP contribution >= 0.6 is 0 Å². The minimum atomic E-state index is 1.04. The third-order valence-electron chi connectivity index (χ3n) is 1.73. The van der Waals surface area contributed by atoms with Crippen LogP contribution in [0.1, 0.15) is 31.5 Å². The van der Waals surface area contributed by atoms with Crippen molar-refractivity contribution in [1.82, 2.24) is 4.98 Å². The van der Waals surface area contributed by atoms with Gasteiger partial charge >= 0.3 is 0 Å². The molecule has 1 nitrogen and oxygen atoms in total. The topological polar surface area (TPSA) is 12.9 Å². The summed E-state index contributed by atoms with van der Waals surface area (Å²) in [6.45, 7) is 4.13. The maximum Gasteiger partial charge on any atom is 0.0698 e. The molecule has 1 heterocycles. The summed E-state index contributed by atoms with van der Waals surface area (Å²) < 4.78 is 0. The quantitative estimate of drug-likeness (QED) is 0.681. The van der Waals surface area contributed by atoms with Crippen molar-refractivity contribution in [3.05, 3.63) is 41.7 Å². The second kappa shape index (κ2) is 5.31. The summed E-state index contributed by atoms with van der Waals surface area (Å²) in [6, 6.07) is 4.03. The van der Waals surface area contributed by atoms with E-state index in [-0.39, 0.29) is 0 Å². The molecule has 0 bridgehead atoms. The smallest absolute Gasteiger partial charge is 0.0698 e. The maximum absolute atomic E-state index is 4.30. The zero-order valence-electron chi connectivity index (χ0n) is 8.20. The average Bonchev–Trinajstić information content (AvgIpc) is 2.17. The third-order valence-corrected chi connectivity index (χ3v) is 1.73. The molecule has 1 rings (SSSR count). The first-order chi connectivity index (χ1) is 6.38. The Morgan fingerprint density at radius 2 is 2.23 bits per heavy atom. The highest BCUT2D eigenvalue weighted by molar-refractivity contribution is 5.61. The van der Waals surface area contributed by atoms with Crippen LogP contribution in [-0.2, 0) is 0 Å². The van der Waals surface area contributed by atoms with Crippen molar-refractivity contribution in [2.24, 2.45) is 0 Å². The summed E-state index contributed by atoms with van der Waals surface area (Å²) in [5, 5.41) is 0. The number of nitrogens with zero attached hydrogens (tertiary/aromatic N) is 1. The van der Waals surface area contributed by atoms with E-state index in [9.17, 15) is 0 Å². The van der Waals surface area contributed by atoms with E-state index in [2.05, 4.69) is 36.2 Å². The van der Waals surface area contributed by atoms with E-state index in [0.29, 0.717) is 0 Å². The monoisotopic (exact) mass is 173 g/mol. The molecule has 0 saturated carbocycles. The summed E-state index contributed by atoms with van der Waals surface area (Å²) in [5.41, 5.74) is 2.22. The van der Waals surface area contributed by atoms with E-state index < -0.39 is 0 Å². The number of rotatable bonds is 3. The molecule has 68 valence electrons. The zero-order chi connectivity index (χ0) is 9.52. The Morgan fingerprint density at radius 1 is 1.38 bits per heavy atom. The number of hydrogen-bond donors (Lipinski definition) is 0. The van der Waals surface area contributed by atoms with Gasteiger partial charge in [0.2, 0.25) is 0 Å². The molecule has 0 amide bonds. The minimum absolute atomic E-state index is 1.04. The van der Waals surface area contributed by atoms with Crippen molar-refractivity contribution in [1.29, 1.82) is 0 Å². The third kappa shape index (κ3) is 2.86. The Bertz CT molecular complexity index is 311. The van der Waals surface area contributed by atoms with Crippen molar-refractivity contribution in [2.45, 2.75) is 20.3 Å². The van der Waals surface area contributed by atoms with Gasteiger partial charge in [0.25, 0.3) is 0 Å². The number of aromatic nitrogens is 1. The van der Waals surface area contributed by atoms with Crippen molar-refractivity contribution in [3.8, 4) is 0 Å². The molecule has 0 radical (unpaired) electrons. The highest BCUT2D eigenvalue weighted by Crippen LogP contribution is 2.09. The molecule has 0 N–H and O–H groups in total. The fraction of sp³-hybridized carbons (Fsp3) is 0.250. The van der Waals surface area contributed by atoms with Gasteiger partial charge in [-0.05, 0) is 31.1 Å². The van der Waals surface area contributed by atoms with Crippen LogP contribution < -0.4 is 0 Å². The molecule has 0 spiro atoms. The largest absolute Gasteiger partial charge is 0.256 e. The Balaban J connectivity index is 2.97. The first kappa shape index (κ1) is 9.72. The van der Waals surface area contributed by atoms with Crippen LogP contribution in [0.3, 0.4) is 0 Å². The lowest BCUT2D eigenvalue weighted by molar-refractivity contribution is 1.22. The first-order valence-electron chi connectivity index (χ1n) is 4.62. The molecular formula is C12H15N. The molecule has 13 heavy (non-hydrogen) atoms. The Kier molecular flexibility index (Phi) is 3.97. The van der Waals surface area contributed by atoms with Gasteiger partial charge in [0.15, 0.2) is 0 Å². The lowest BCUT2D eigenvalue weighted by atomic mass is 10.1. The molecular weight excluding hydrogens is 158 g/mol. The van der Waals surface area contributed by atoms with Crippen LogP contribution in [0.25, 0.3) is 12.2 Å². The zero-order valence-corrected chi connectivity index (χ0v) is 8.20. The molecule has 0 atom stereocenters. The van der Waals surface area contributed by atoms with Crippen molar-refractivity contribution in [3.63, 3.8) is 0 Å². The number of pyridine rings is 1. The number of hydrogen-bond acceptors (Lipinski definition) is 1. The van der Waals surface area contributed by atoms with E-state index in [1.165, 1.54) is 5.56 Å². The van der Waals surface area contributed by atoms with E-state index in [4.69, 9.17) is 0 Å². The molecule has 0 aliphatic rings. The Hall–Kier alpha value is -1.37. The fourth-order valence-electron chi connectivity index (χ4n) is 1.12. The normalized spacial score (nSPS) is 11.5. The van der Waals surface area contributed by atoms with Crippen molar-refractivity contribution >= 4 is 12.2 Å². The lowest BCUT2D eigenvalue weighted by Gasteiger charge is -1.97. The summed E-state index contributed by atoms with van der Waals surface area (Å²) in [7, 11) is 0. The van der Waals surface area contributed by atoms with Gasteiger partial charge in [0.1, 0.15) is 0 Å². The summed E-state index contributed by atoms with van der Waals surface area (Å²) in [5.74, 6) is 0. The van der Waals surface area contributed by atoms with Crippen molar-refractivity contribution < 1.29 is 0 Å². The molecule has 0 saturated heterocycles. The summed E-state index contributed by atoms with van der Waals surface area (Å²) >= 11 is 0. The highest BCUT2D eigenvalue weighted by atomic mass is 14.7. The van der Waals surface area contributed by atoms with E-state index in [0.717, 1.165) is 12.1 Å². The lowest BCUT2D eigenvalue weighted by Crippen LogP contribution is -1.84. The van der Waals surface area contributed by atoms with Gasteiger partial charge in [-0.1, -0.05) is 31.2 Å². The van der Waals surface area contributed by atoms with Gasteiger partial charge in [-0.3, -0.25) is 4.98 Å². The van der Waals surface area contributed by atoms with Crippen LogP contribution in [0.15, 0.2) is 30.5 Å². The second-order valence-corrected chi connectivity index (χ2v) is 2.79. The van der Waals surface area contributed by atoms with Crippen LogP contribution in [0.2, 0.25) is 0 Å². The average molecular weight is 173 g/mol. The van der Waals surface area contributed by atoms with Gasteiger partial charge in [-0.25, -0.2) is 0 Å². The van der Waals surface area contributed by atoms with Crippen LogP contribution in [0.4, 0.5) is 0 Å². The minimum Gasteiger partial charge on any atom is -0.256 e. The van der Waals surface area contributed by atoms with Crippen LogP contribution in [-0.4, -0.2) is 4.98 Å².